The van der Waals surface area contributed by atoms with Crippen LogP contribution >= 0.6 is 11.6 Å². The minimum absolute atomic E-state index is 0.446. The molecule has 0 atom stereocenters. The second-order valence-electron chi connectivity index (χ2n) is 4.06. The van der Waals surface area contributed by atoms with Gasteiger partial charge in [0.15, 0.2) is 0 Å². The molecule has 2 aromatic rings. The maximum absolute atomic E-state index is 6.08. The molecule has 0 saturated carbocycles. The van der Waals surface area contributed by atoms with E-state index in [4.69, 9.17) is 21.8 Å². The standard InChI is InChI=1S/C13H16ClNO/c1-3-4-10-11-6-9(14)5-8(2)13(11)16-12(10)7-15/h5-6H,3-4,7,15H2,1-2H3. The molecule has 2 rings (SSSR count). The van der Waals surface area contributed by atoms with Crippen LogP contribution < -0.4 is 5.73 Å². The molecule has 0 spiro atoms. The molecule has 0 aliphatic carbocycles. The fourth-order valence-electron chi connectivity index (χ4n) is 2.11. The maximum atomic E-state index is 6.08. The van der Waals surface area contributed by atoms with E-state index in [2.05, 4.69) is 6.92 Å². The molecule has 1 heterocycles. The lowest BCUT2D eigenvalue weighted by Gasteiger charge is -1.99. The molecule has 0 saturated heterocycles. The zero-order valence-corrected chi connectivity index (χ0v) is 10.4. The van der Waals surface area contributed by atoms with Crippen molar-refractivity contribution < 1.29 is 4.42 Å². The number of benzene rings is 1. The number of aryl methyl sites for hydroxylation is 2. The molecule has 3 heteroatoms. The quantitative estimate of drug-likeness (QED) is 0.882. The molecule has 0 aliphatic heterocycles. The highest BCUT2D eigenvalue weighted by Crippen LogP contribution is 2.31. The highest BCUT2D eigenvalue weighted by atomic mass is 35.5. The summed E-state index contributed by atoms with van der Waals surface area (Å²) in [5, 5.41) is 1.87. The van der Waals surface area contributed by atoms with Crippen molar-refractivity contribution in [2.75, 3.05) is 0 Å². The zero-order chi connectivity index (χ0) is 11.7. The van der Waals surface area contributed by atoms with Gasteiger partial charge in [0, 0.05) is 16.0 Å². The van der Waals surface area contributed by atoms with Crippen LogP contribution in [0.4, 0.5) is 0 Å². The van der Waals surface area contributed by atoms with E-state index in [0.29, 0.717) is 6.54 Å². The SMILES string of the molecule is CCCc1c(CN)oc2c(C)cc(Cl)cc12. The molecule has 1 aromatic heterocycles. The monoisotopic (exact) mass is 237 g/mol. The van der Waals surface area contributed by atoms with E-state index >= 15 is 0 Å². The van der Waals surface area contributed by atoms with Crippen LogP contribution in [0.5, 0.6) is 0 Å². The first-order valence-corrected chi connectivity index (χ1v) is 5.95. The van der Waals surface area contributed by atoms with Gasteiger partial charge in [0.05, 0.1) is 6.54 Å². The van der Waals surface area contributed by atoms with Crippen LogP contribution in [-0.2, 0) is 13.0 Å². The Labute approximate surface area is 100 Å². The van der Waals surface area contributed by atoms with E-state index in [1.807, 2.05) is 19.1 Å². The van der Waals surface area contributed by atoms with Crippen molar-refractivity contribution in [1.82, 2.24) is 0 Å². The van der Waals surface area contributed by atoms with Crippen molar-refractivity contribution in [3.8, 4) is 0 Å². The van der Waals surface area contributed by atoms with E-state index in [1.54, 1.807) is 0 Å². The van der Waals surface area contributed by atoms with Crippen molar-refractivity contribution in [1.29, 1.82) is 0 Å². The van der Waals surface area contributed by atoms with Gasteiger partial charge in [-0.05, 0) is 31.0 Å². The maximum Gasteiger partial charge on any atom is 0.137 e. The molecule has 0 amide bonds. The number of furan rings is 1. The number of fused-ring (bicyclic) bond motifs is 1. The highest BCUT2D eigenvalue weighted by Gasteiger charge is 2.14. The van der Waals surface area contributed by atoms with Gasteiger partial charge >= 0.3 is 0 Å². The van der Waals surface area contributed by atoms with Crippen LogP contribution in [0.25, 0.3) is 11.0 Å². The summed E-state index contributed by atoms with van der Waals surface area (Å²) in [6, 6.07) is 3.89. The summed E-state index contributed by atoms with van der Waals surface area (Å²) >= 11 is 6.08. The molecule has 0 unspecified atom stereocenters. The Hall–Kier alpha value is -0.990. The third-order valence-corrected chi connectivity index (χ3v) is 3.03. The highest BCUT2D eigenvalue weighted by molar-refractivity contribution is 6.31. The first-order valence-electron chi connectivity index (χ1n) is 5.57. The predicted octanol–water partition coefficient (Wildman–Crippen LogP) is 3.81. The van der Waals surface area contributed by atoms with E-state index in [9.17, 15) is 0 Å². The molecule has 0 bridgehead atoms. The fraction of sp³-hybridized carbons (Fsp3) is 0.385. The molecule has 0 fully saturated rings. The summed E-state index contributed by atoms with van der Waals surface area (Å²) in [4.78, 5) is 0. The van der Waals surface area contributed by atoms with Crippen LogP contribution in [0, 0.1) is 6.92 Å². The van der Waals surface area contributed by atoms with Gasteiger partial charge in [0.1, 0.15) is 11.3 Å². The molecule has 86 valence electrons. The van der Waals surface area contributed by atoms with Gasteiger partial charge in [-0.25, -0.2) is 0 Å². The van der Waals surface area contributed by atoms with Crippen LogP contribution in [-0.4, -0.2) is 0 Å². The van der Waals surface area contributed by atoms with Crippen molar-refractivity contribution in [2.45, 2.75) is 33.2 Å². The number of halogens is 1. The largest absolute Gasteiger partial charge is 0.459 e. The Morgan fingerprint density at radius 1 is 1.38 bits per heavy atom. The van der Waals surface area contributed by atoms with Crippen LogP contribution in [0.3, 0.4) is 0 Å². The van der Waals surface area contributed by atoms with Crippen molar-refractivity contribution in [3.63, 3.8) is 0 Å². The average molecular weight is 238 g/mol. The molecule has 16 heavy (non-hydrogen) atoms. The van der Waals surface area contributed by atoms with Crippen molar-refractivity contribution in [3.05, 3.63) is 34.0 Å². The van der Waals surface area contributed by atoms with Crippen LogP contribution in [0.1, 0.15) is 30.2 Å². The lowest BCUT2D eigenvalue weighted by molar-refractivity contribution is 0.543. The van der Waals surface area contributed by atoms with Gasteiger partial charge in [0.2, 0.25) is 0 Å². The first-order chi connectivity index (χ1) is 7.67. The van der Waals surface area contributed by atoms with Gasteiger partial charge in [0.25, 0.3) is 0 Å². The summed E-state index contributed by atoms with van der Waals surface area (Å²) in [6.45, 7) is 4.60. The smallest absolute Gasteiger partial charge is 0.137 e. The Morgan fingerprint density at radius 3 is 2.75 bits per heavy atom. The van der Waals surface area contributed by atoms with Crippen molar-refractivity contribution in [2.24, 2.45) is 5.73 Å². The molecule has 0 radical (unpaired) electrons. The summed E-state index contributed by atoms with van der Waals surface area (Å²) in [5.41, 5.74) is 8.91. The third-order valence-electron chi connectivity index (χ3n) is 2.81. The second-order valence-corrected chi connectivity index (χ2v) is 4.49. The molecular formula is C13H16ClNO. The molecular weight excluding hydrogens is 222 g/mol. The van der Waals surface area contributed by atoms with Crippen LogP contribution in [0.15, 0.2) is 16.5 Å². The Kier molecular flexibility index (Phi) is 3.22. The number of rotatable bonds is 3. The van der Waals surface area contributed by atoms with E-state index in [-0.39, 0.29) is 0 Å². The number of hydrogen-bond acceptors (Lipinski definition) is 2. The van der Waals surface area contributed by atoms with Gasteiger partial charge in [-0.3, -0.25) is 0 Å². The van der Waals surface area contributed by atoms with E-state index in [1.165, 1.54) is 5.56 Å². The van der Waals surface area contributed by atoms with Gasteiger partial charge in [-0.1, -0.05) is 24.9 Å². The van der Waals surface area contributed by atoms with Gasteiger partial charge in [-0.2, -0.15) is 0 Å². The zero-order valence-electron chi connectivity index (χ0n) is 9.64. The second kappa shape index (κ2) is 4.48. The summed E-state index contributed by atoms with van der Waals surface area (Å²) in [6.07, 6.45) is 2.06. The van der Waals surface area contributed by atoms with E-state index < -0.39 is 0 Å². The van der Waals surface area contributed by atoms with E-state index in [0.717, 1.165) is 40.2 Å². The van der Waals surface area contributed by atoms with Crippen LogP contribution in [0.2, 0.25) is 5.02 Å². The molecule has 1 aromatic carbocycles. The minimum atomic E-state index is 0.446. The van der Waals surface area contributed by atoms with Gasteiger partial charge < -0.3 is 10.2 Å². The summed E-state index contributed by atoms with van der Waals surface area (Å²) in [7, 11) is 0. The third kappa shape index (κ3) is 1.83. The lowest BCUT2D eigenvalue weighted by atomic mass is 10.0. The summed E-state index contributed by atoms with van der Waals surface area (Å²) < 4.78 is 5.80. The lowest BCUT2D eigenvalue weighted by Crippen LogP contribution is -1.98. The fourth-order valence-corrected chi connectivity index (χ4v) is 2.39. The Bertz CT molecular complexity index is 516. The Balaban J connectivity index is 2.73. The predicted molar refractivity (Wildman–Crippen MR) is 67.8 cm³/mol. The van der Waals surface area contributed by atoms with Gasteiger partial charge in [-0.15, -0.1) is 0 Å². The normalized spacial score (nSPS) is 11.2. The Morgan fingerprint density at radius 2 is 2.12 bits per heavy atom. The topological polar surface area (TPSA) is 39.2 Å². The molecule has 2 N–H and O–H groups in total. The number of nitrogens with two attached hydrogens (primary N) is 1. The van der Waals surface area contributed by atoms with Crippen molar-refractivity contribution >= 4 is 22.6 Å². The molecule has 0 aliphatic rings. The first kappa shape index (κ1) is 11.5. The average Bonchev–Trinajstić information content (AvgIpc) is 2.58. The number of hydrogen-bond donors (Lipinski definition) is 1. The molecule has 2 nitrogen and oxygen atoms in total. The summed E-state index contributed by atoms with van der Waals surface area (Å²) in [5.74, 6) is 0.891. The minimum Gasteiger partial charge on any atom is -0.459 e.